The number of aryl methyl sites for hydroxylation is 1. The molecule has 6 heteroatoms. The van der Waals surface area contributed by atoms with Crippen molar-refractivity contribution >= 4 is 23.4 Å². The zero-order valence-corrected chi connectivity index (χ0v) is 17.5. The van der Waals surface area contributed by atoms with Crippen LogP contribution < -0.4 is 5.32 Å². The van der Waals surface area contributed by atoms with Crippen LogP contribution in [0.25, 0.3) is 5.69 Å². The molecule has 5 nitrogen and oxygen atoms in total. The second-order valence-corrected chi connectivity index (χ2v) is 7.92. The molecule has 1 aromatic heterocycles. The third-order valence-electron chi connectivity index (χ3n) is 4.69. The molecule has 1 heterocycles. The van der Waals surface area contributed by atoms with Crippen molar-refractivity contribution in [3.63, 3.8) is 0 Å². The minimum absolute atomic E-state index is 0.0704. The highest BCUT2D eigenvalue weighted by atomic mass is 32.2. The smallest absolute Gasteiger partial charge is 0.234 e. The molecule has 4 rings (SSSR count). The summed E-state index contributed by atoms with van der Waals surface area (Å²) in [6.07, 6.45) is 2.44. The van der Waals surface area contributed by atoms with Gasteiger partial charge < -0.3 is 5.32 Å². The minimum Gasteiger partial charge on any atom is -0.325 e. The van der Waals surface area contributed by atoms with E-state index < -0.39 is 0 Å². The van der Waals surface area contributed by atoms with E-state index in [0.29, 0.717) is 5.16 Å². The van der Waals surface area contributed by atoms with Crippen molar-refractivity contribution < 1.29 is 4.79 Å². The zero-order chi connectivity index (χ0) is 20.8. The average molecular weight is 415 g/mol. The lowest BCUT2D eigenvalue weighted by Crippen LogP contribution is -2.16. The Bertz CT molecular complexity index is 1120. The summed E-state index contributed by atoms with van der Waals surface area (Å²) < 4.78 is 1.89. The molecule has 0 aliphatic heterocycles. The first-order valence-corrected chi connectivity index (χ1v) is 10.7. The van der Waals surface area contributed by atoms with E-state index in [-0.39, 0.29) is 11.7 Å². The van der Waals surface area contributed by atoms with Crippen molar-refractivity contribution in [1.82, 2.24) is 14.8 Å². The Morgan fingerprint density at radius 1 is 0.967 bits per heavy atom. The fourth-order valence-electron chi connectivity index (χ4n) is 3.13. The van der Waals surface area contributed by atoms with E-state index in [1.165, 1.54) is 22.9 Å². The number of aromatic nitrogens is 3. The molecule has 1 N–H and O–H groups in total. The van der Waals surface area contributed by atoms with Crippen molar-refractivity contribution in [2.75, 3.05) is 11.1 Å². The maximum Gasteiger partial charge on any atom is 0.234 e. The van der Waals surface area contributed by atoms with Crippen LogP contribution in [0.4, 0.5) is 5.69 Å². The summed E-state index contributed by atoms with van der Waals surface area (Å²) >= 11 is 1.37. The molecule has 0 unspecified atom stereocenters. The molecule has 0 fully saturated rings. The topological polar surface area (TPSA) is 59.8 Å². The third kappa shape index (κ3) is 4.96. The van der Waals surface area contributed by atoms with Crippen LogP contribution in [0.5, 0.6) is 0 Å². The van der Waals surface area contributed by atoms with Gasteiger partial charge in [-0.3, -0.25) is 9.36 Å². The summed E-state index contributed by atoms with van der Waals surface area (Å²) in [4.78, 5) is 12.6. The van der Waals surface area contributed by atoms with Crippen molar-refractivity contribution in [3.05, 3.63) is 102 Å². The second-order valence-electron chi connectivity index (χ2n) is 6.98. The van der Waals surface area contributed by atoms with Crippen LogP contribution in [0.15, 0.2) is 90.3 Å². The zero-order valence-electron chi connectivity index (χ0n) is 16.7. The number of carbonyl (C=O) groups is 1. The van der Waals surface area contributed by atoms with Gasteiger partial charge in [-0.25, -0.2) is 0 Å². The number of anilines is 1. The number of nitrogens with zero attached hydrogens (tertiary/aromatic N) is 3. The van der Waals surface area contributed by atoms with Gasteiger partial charge >= 0.3 is 0 Å². The van der Waals surface area contributed by atoms with Gasteiger partial charge in [-0.2, -0.15) is 0 Å². The molecule has 0 spiro atoms. The van der Waals surface area contributed by atoms with Crippen LogP contribution in [0.3, 0.4) is 0 Å². The Morgan fingerprint density at radius 2 is 1.70 bits per heavy atom. The fraction of sp³-hybridized carbons (Fsp3) is 0.125. The number of hydrogen-bond donors (Lipinski definition) is 1. The predicted molar refractivity (Wildman–Crippen MR) is 121 cm³/mol. The van der Waals surface area contributed by atoms with Gasteiger partial charge in [0.05, 0.1) is 5.75 Å². The van der Waals surface area contributed by atoms with Crippen LogP contribution >= 0.6 is 11.8 Å². The number of hydrogen-bond acceptors (Lipinski definition) is 4. The summed E-state index contributed by atoms with van der Waals surface area (Å²) in [5.41, 5.74) is 5.30. The number of amides is 1. The molecule has 0 atom stereocenters. The summed E-state index contributed by atoms with van der Waals surface area (Å²) in [5, 5.41) is 11.9. The van der Waals surface area contributed by atoms with E-state index in [1.807, 2.05) is 78.2 Å². The van der Waals surface area contributed by atoms with Crippen LogP contribution in [0, 0.1) is 6.92 Å². The normalized spacial score (nSPS) is 10.7. The van der Waals surface area contributed by atoms with Crippen molar-refractivity contribution in [2.24, 2.45) is 0 Å². The van der Waals surface area contributed by atoms with E-state index in [1.54, 1.807) is 6.33 Å². The number of para-hydroxylation sites is 1. The molecular weight excluding hydrogens is 392 g/mol. The quantitative estimate of drug-likeness (QED) is 0.437. The van der Waals surface area contributed by atoms with Crippen LogP contribution in [-0.2, 0) is 11.2 Å². The van der Waals surface area contributed by atoms with Crippen molar-refractivity contribution in [1.29, 1.82) is 0 Å². The number of benzene rings is 3. The molecule has 0 saturated heterocycles. The van der Waals surface area contributed by atoms with Gasteiger partial charge in [0.2, 0.25) is 5.91 Å². The van der Waals surface area contributed by atoms with E-state index in [2.05, 4.69) is 27.6 Å². The highest BCUT2D eigenvalue weighted by molar-refractivity contribution is 7.99. The van der Waals surface area contributed by atoms with Crippen LogP contribution in [-0.4, -0.2) is 26.4 Å². The van der Waals surface area contributed by atoms with E-state index in [4.69, 9.17) is 0 Å². The standard InChI is InChI=1S/C24H22N4OS/c1-18-11-13-21(14-12-18)28-17-25-27-24(28)30-16-23(29)26-22-10-6-5-9-20(22)15-19-7-3-2-4-8-19/h2-14,17H,15-16H2,1H3,(H,26,29). The van der Waals surface area contributed by atoms with Gasteiger partial charge in [-0.1, -0.05) is 78.0 Å². The number of carbonyl (C=O) groups excluding carboxylic acids is 1. The maximum atomic E-state index is 12.6. The SMILES string of the molecule is Cc1ccc(-n2cnnc2SCC(=O)Nc2ccccc2Cc2ccccc2)cc1. The van der Waals surface area contributed by atoms with Crippen LogP contribution in [0.1, 0.15) is 16.7 Å². The molecule has 30 heavy (non-hydrogen) atoms. The second kappa shape index (κ2) is 9.41. The molecule has 1 amide bonds. The maximum absolute atomic E-state index is 12.6. The number of thioether (sulfide) groups is 1. The van der Waals surface area contributed by atoms with E-state index >= 15 is 0 Å². The van der Waals surface area contributed by atoms with Gasteiger partial charge in [0.15, 0.2) is 5.16 Å². The summed E-state index contributed by atoms with van der Waals surface area (Å²) in [7, 11) is 0. The van der Waals surface area contributed by atoms with E-state index in [0.717, 1.165) is 23.4 Å². The Balaban J connectivity index is 1.41. The average Bonchev–Trinajstić information content (AvgIpc) is 3.24. The molecule has 3 aromatic carbocycles. The summed E-state index contributed by atoms with van der Waals surface area (Å²) in [6.45, 7) is 2.05. The van der Waals surface area contributed by atoms with Gasteiger partial charge in [-0.15, -0.1) is 10.2 Å². The minimum atomic E-state index is -0.0704. The molecule has 150 valence electrons. The largest absolute Gasteiger partial charge is 0.325 e. The summed E-state index contributed by atoms with van der Waals surface area (Å²) in [5.74, 6) is 0.184. The molecule has 0 radical (unpaired) electrons. The van der Waals surface area contributed by atoms with E-state index in [9.17, 15) is 4.79 Å². The Labute approximate surface area is 180 Å². The Hall–Kier alpha value is -3.38. The first kappa shape index (κ1) is 19.9. The van der Waals surface area contributed by atoms with Gasteiger partial charge in [0.25, 0.3) is 0 Å². The van der Waals surface area contributed by atoms with Crippen molar-refractivity contribution in [3.8, 4) is 5.69 Å². The Kier molecular flexibility index (Phi) is 6.25. The third-order valence-corrected chi connectivity index (χ3v) is 5.63. The fourth-order valence-corrected chi connectivity index (χ4v) is 3.86. The highest BCUT2D eigenvalue weighted by Gasteiger charge is 2.12. The lowest BCUT2D eigenvalue weighted by atomic mass is 10.0. The predicted octanol–water partition coefficient (Wildman–Crippen LogP) is 4.90. The molecular formula is C24H22N4OS. The molecule has 0 bridgehead atoms. The monoisotopic (exact) mass is 414 g/mol. The Morgan fingerprint density at radius 3 is 2.50 bits per heavy atom. The van der Waals surface area contributed by atoms with Gasteiger partial charge in [-0.05, 0) is 42.7 Å². The molecule has 0 aliphatic rings. The highest BCUT2D eigenvalue weighted by Crippen LogP contribution is 2.22. The number of rotatable bonds is 7. The number of nitrogens with one attached hydrogen (secondary N) is 1. The molecule has 0 saturated carbocycles. The first-order valence-electron chi connectivity index (χ1n) is 9.70. The lowest BCUT2D eigenvalue weighted by molar-refractivity contribution is -0.113. The first-order chi connectivity index (χ1) is 14.7. The van der Waals surface area contributed by atoms with Crippen LogP contribution in [0.2, 0.25) is 0 Å². The molecule has 0 aliphatic carbocycles. The van der Waals surface area contributed by atoms with Crippen molar-refractivity contribution in [2.45, 2.75) is 18.5 Å². The van der Waals surface area contributed by atoms with Gasteiger partial charge in [0.1, 0.15) is 6.33 Å². The molecule has 4 aromatic rings. The lowest BCUT2D eigenvalue weighted by Gasteiger charge is -2.11. The summed E-state index contributed by atoms with van der Waals surface area (Å²) in [6, 6.07) is 26.3. The van der Waals surface area contributed by atoms with Gasteiger partial charge in [0, 0.05) is 11.4 Å².